The molecule has 7 aliphatic rings. The smallest absolute Gasteiger partial charge is 0.337 e. The van der Waals surface area contributed by atoms with Crippen molar-refractivity contribution in [1.82, 2.24) is 0 Å². The van der Waals surface area contributed by atoms with E-state index in [1.807, 2.05) is 26.0 Å². The first-order valence-corrected chi connectivity index (χ1v) is 23.2. The van der Waals surface area contributed by atoms with Crippen LogP contribution in [0.5, 0.6) is 0 Å². The number of allylic oxidation sites excluding steroid dienone is 2. The van der Waals surface area contributed by atoms with Crippen molar-refractivity contribution >= 4 is 5.97 Å². The lowest BCUT2D eigenvalue weighted by atomic mass is 9.72. The summed E-state index contributed by atoms with van der Waals surface area (Å²) in [6, 6.07) is 0. The number of methoxy groups -OCH3 is 2. The summed E-state index contributed by atoms with van der Waals surface area (Å²) in [4.78, 5) is 14.3. The minimum Gasteiger partial charge on any atom is -0.459 e. The van der Waals surface area contributed by atoms with Crippen molar-refractivity contribution in [3.63, 3.8) is 0 Å². The molecule has 0 radical (unpaired) electrons. The molecule has 14 heteroatoms. The van der Waals surface area contributed by atoms with Crippen molar-refractivity contribution in [2.75, 3.05) is 20.8 Å². The maximum absolute atomic E-state index is 14.3. The summed E-state index contributed by atoms with van der Waals surface area (Å²) in [5.41, 5.74) is -0.365. The maximum atomic E-state index is 14.3. The lowest BCUT2D eigenvalue weighted by Gasteiger charge is -2.51. The summed E-state index contributed by atoms with van der Waals surface area (Å²) in [6.45, 7) is 16.3. The molecule has 350 valence electrons. The van der Waals surface area contributed by atoms with Gasteiger partial charge in [-0.2, -0.15) is 0 Å². The number of hydrogen-bond donors (Lipinski definition) is 3. The molecule has 3 N–H and O–H groups in total. The topological polar surface area (TPSA) is 170 Å². The Morgan fingerprint density at radius 3 is 2.34 bits per heavy atom. The van der Waals surface area contributed by atoms with E-state index in [0.29, 0.717) is 55.9 Å². The van der Waals surface area contributed by atoms with Gasteiger partial charge in [0.2, 0.25) is 0 Å². The average Bonchev–Trinajstić information content (AvgIpc) is 3.58. The molecule has 0 aromatic rings. The number of carbonyl (C=O) groups excluding carboxylic acids is 1. The number of fused-ring (bicyclic) bond motifs is 2. The van der Waals surface area contributed by atoms with Crippen LogP contribution in [0.4, 0.5) is 0 Å². The van der Waals surface area contributed by atoms with E-state index in [0.717, 1.165) is 18.4 Å². The molecule has 1 unspecified atom stereocenters. The van der Waals surface area contributed by atoms with Gasteiger partial charge >= 0.3 is 5.97 Å². The van der Waals surface area contributed by atoms with E-state index in [1.165, 1.54) is 0 Å². The van der Waals surface area contributed by atoms with E-state index in [1.54, 1.807) is 33.3 Å². The standard InChI is InChI=1S/C48H74O14/c1-11-25(2)43-28(5)17-18-47(62-43)23-34-20-33(61-47)16-15-27(4)42(26(3)13-12-14-32-24-55-45-40(49)29(6)19-35(46(51)58-34)48(32,45)52)59-39-22-37(54-10)44(31(8)57-39)60-38-21-36(53-9)41(50)30(7)56-38/h12-15,19,25-26,28-31,33-34,36-45,49-50,52H,11,16-18,20-24H2,1-10H3/b13-12-,27-15-,32-14-/t25-,26-,28-,29?,30-,31-,33+,34-,36-,37-,38-,39-,40+,41-,42-,43+,44-,45+,47+,48+/m0/s1. The van der Waals surface area contributed by atoms with Crippen LogP contribution in [0.3, 0.4) is 0 Å². The van der Waals surface area contributed by atoms with Crippen LogP contribution in [0.25, 0.3) is 0 Å². The molecule has 0 aromatic heterocycles. The van der Waals surface area contributed by atoms with Gasteiger partial charge in [-0.15, -0.1) is 0 Å². The molecule has 5 saturated heterocycles. The summed E-state index contributed by atoms with van der Waals surface area (Å²) in [5, 5.41) is 34.2. The van der Waals surface area contributed by atoms with Gasteiger partial charge in [-0.25, -0.2) is 4.79 Å². The molecule has 0 saturated carbocycles. The third-order valence-corrected chi connectivity index (χ3v) is 14.9. The molecule has 20 atom stereocenters. The highest BCUT2D eigenvalue weighted by Gasteiger charge is 2.59. The second-order valence-electron chi connectivity index (χ2n) is 19.4. The van der Waals surface area contributed by atoms with E-state index in [2.05, 4.69) is 40.7 Å². The zero-order chi connectivity index (χ0) is 44.7. The number of carbonyl (C=O) groups is 1. The van der Waals surface area contributed by atoms with Crippen molar-refractivity contribution in [3.05, 3.63) is 47.1 Å². The Morgan fingerprint density at radius 1 is 0.903 bits per heavy atom. The second kappa shape index (κ2) is 19.8. The van der Waals surface area contributed by atoms with Crippen LogP contribution in [-0.4, -0.2) is 139 Å². The number of rotatable bonds is 8. The number of ether oxygens (including phenoxy) is 10. The maximum Gasteiger partial charge on any atom is 0.337 e. The predicted molar refractivity (Wildman–Crippen MR) is 227 cm³/mol. The molecule has 6 heterocycles. The Balaban J connectivity index is 1.18. The highest BCUT2D eigenvalue weighted by molar-refractivity contribution is 5.93. The fraction of sp³-hybridized carbons (Fsp3) is 0.812. The van der Waals surface area contributed by atoms with Gasteiger partial charge in [-0.1, -0.05) is 71.4 Å². The number of hydrogen-bond acceptors (Lipinski definition) is 14. The molecule has 62 heavy (non-hydrogen) atoms. The first kappa shape index (κ1) is 47.9. The lowest BCUT2D eigenvalue weighted by Crippen LogP contribution is -2.56. The van der Waals surface area contributed by atoms with Crippen LogP contribution in [0, 0.1) is 23.7 Å². The molecular weight excluding hydrogens is 801 g/mol. The Morgan fingerprint density at radius 2 is 1.61 bits per heavy atom. The molecular formula is C48H74O14. The molecule has 5 fully saturated rings. The van der Waals surface area contributed by atoms with E-state index >= 15 is 0 Å². The van der Waals surface area contributed by atoms with E-state index in [9.17, 15) is 20.1 Å². The van der Waals surface area contributed by atoms with E-state index in [4.69, 9.17) is 47.4 Å². The largest absolute Gasteiger partial charge is 0.459 e. The highest BCUT2D eigenvalue weighted by Crippen LogP contribution is 2.48. The van der Waals surface area contributed by atoms with E-state index in [-0.39, 0.29) is 36.4 Å². The zero-order valence-corrected chi connectivity index (χ0v) is 38.5. The highest BCUT2D eigenvalue weighted by atomic mass is 16.7. The van der Waals surface area contributed by atoms with Gasteiger partial charge in [0.1, 0.15) is 30.0 Å². The molecule has 6 aliphatic heterocycles. The summed E-state index contributed by atoms with van der Waals surface area (Å²) >= 11 is 0. The van der Waals surface area contributed by atoms with Gasteiger partial charge in [0.25, 0.3) is 0 Å². The SMILES string of the molecule is CC[C@H](C)[C@H]1O[C@]2(CC[C@@H]1C)C[C@@H]1C[C@@H](C/C=C(/C)[C@@H](O[C@H]3C[C@H](OC)[C@@H](O[C@H]4C[C@H](OC)[C@@H](O)[C@H](C)O4)[C@H](C)O3)[C@@H](C)/C=C\C=C3\CO[C@@H]4[C@H](O)C(C)C=C(C(=O)O1)[C@]34O)O2. The summed E-state index contributed by atoms with van der Waals surface area (Å²) < 4.78 is 63.9. The summed E-state index contributed by atoms with van der Waals surface area (Å²) in [5.74, 6) is -1.53. The van der Waals surface area contributed by atoms with Crippen molar-refractivity contribution in [2.24, 2.45) is 23.7 Å². The number of aliphatic hydroxyl groups is 3. The van der Waals surface area contributed by atoms with Crippen LogP contribution in [0.15, 0.2) is 47.1 Å². The Labute approximate surface area is 368 Å². The monoisotopic (exact) mass is 875 g/mol. The predicted octanol–water partition coefficient (Wildman–Crippen LogP) is 5.60. The zero-order valence-electron chi connectivity index (χ0n) is 38.5. The van der Waals surface area contributed by atoms with Crippen molar-refractivity contribution < 1.29 is 67.5 Å². The van der Waals surface area contributed by atoms with Gasteiger partial charge in [0.05, 0.1) is 61.0 Å². The third kappa shape index (κ3) is 9.73. The van der Waals surface area contributed by atoms with Gasteiger partial charge < -0.3 is 62.7 Å². The lowest BCUT2D eigenvalue weighted by molar-refractivity contribution is -0.340. The Bertz CT molecular complexity index is 1680. The first-order chi connectivity index (χ1) is 29.5. The Hall–Kier alpha value is -2.05. The summed E-state index contributed by atoms with van der Waals surface area (Å²) in [7, 11) is 3.23. The summed E-state index contributed by atoms with van der Waals surface area (Å²) in [6.07, 6.45) is 6.53. The normalized spacial score (nSPS) is 49.4. The van der Waals surface area contributed by atoms with Crippen molar-refractivity contribution in [2.45, 2.75) is 204 Å². The fourth-order valence-electron chi connectivity index (χ4n) is 10.9. The van der Waals surface area contributed by atoms with Gasteiger partial charge in [0, 0.05) is 58.2 Å². The third-order valence-electron chi connectivity index (χ3n) is 14.9. The first-order valence-electron chi connectivity index (χ1n) is 23.2. The van der Waals surface area contributed by atoms with Crippen molar-refractivity contribution in [3.8, 4) is 0 Å². The van der Waals surface area contributed by atoms with Crippen molar-refractivity contribution in [1.29, 1.82) is 0 Å². The molecule has 7 rings (SSSR count). The van der Waals surface area contributed by atoms with Gasteiger partial charge in [-0.3, -0.25) is 0 Å². The molecule has 2 bridgehead atoms. The minimum absolute atomic E-state index is 0.00895. The molecule has 0 amide bonds. The molecule has 0 aromatic carbocycles. The minimum atomic E-state index is -1.88. The molecule has 14 nitrogen and oxygen atoms in total. The van der Waals surface area contributed by atoms with E-state index < -0.39 is 90.8 Å². The quantitative estimate of drug-likeness (QED) is 0.204. The second-order valence-corrected chi connectivity index (χ2v) is 19.4. The Kier molecular flexibility index (Phi) is 15.3. The molecule has 1 aliphatic carbocycles. The fourth-order valence-corrected chi connectivity index (χ4v) is 10.9. The van der Waals surface area contributed by atoms with Crippen LogP contribution in [0.1, 0.15) is 107 Å². The number of esters is 1. The van der Waals surface area contributed by atoms with Crippen LogP contribution in [-0.2, 0) is 52.2 Å². The number of aliphatic hydroxyl groups excluding tert-OH is 2. The van der Waals surface area contributed by atoms with Crippen LogP contribution in [0.2, 0.25) is 0 Å². The van der Waals surface area contributed by atoms with Gasteiger partial charge in [0.15, 0.2) is 18.4 Å². The average molecular weight is 875 g/mol. The van der Waals surface area contributed by atoms with Crippen LogP contribution < -0.4 is 0 Å². The molecule has 1 spiro atoms. The van der Waals surface area contributed by atoms with Gasteiger partial charge in [-0.05, 0) is 56.6 Å². The van der Waals surface area contributed by atoms with Crippen LogP contribution >= 0.6 is 0 Å².